The number of aryl methyl sites for hydroxylation is 1. The molecule has 1 rings (SSSR count). The molecule has 0 radical (unpaired) electrons. The molecule has 112 valence electrons. The fourth-order valence-corrected chi connectivity index (χ4v) is 3.01. The molecule has 0 aliphatic heterocycles. The van der Waals surface area contributed by atoms with Gasteiger partial charge in [-0.15, -0.1) is 0 Å². The van der Waals surface area contributed by atoms with Crippen LogP contribution in [0.4, 0.5) is 0 Å². The zero-order valence-electron chi connectivity index (χ0n) is 13.0. The van der Waals surface area contributed by atoms with Gasteiger partial charge in [-0.3, -0.25) is 4.79 Å². The van der Waals surface area contributed by atoms with E-state index >= 15 is 0 Å². The summed E-state index contributed by atoms with van der Waals surface area (Å²) in [5.74, 6) is 0.960. The predicted octanol–water partition coefficient (Wildman–Crippen LogP) is 6.01. The molecule has 2 heteroatoms. The average molecular weight is 292 g/mol. The molecule has 0 saturated carbocycles. The summed E-state index contributed by atoms with van der Waals surface area (Å²) in [5, 5.41) is 0.216. The van der Waals surface area contributed by atoms with E-state index in [0.717, 1.165) is 17.7 Å². The van der Waals surface area contributed by atoms with E-state index in [1.165, 1.54) is 62.3 Å². The number of hydrogen-bond acceptors (Lipinski definition) is 2. The summed E-state index contributed by atoms with van der Waals surface area (Å²) in [4.78, 5) is 11.9. The van der Waals surface area contributed by atoms with Crippen molar-refractivity contribution in [2.24, 2.45) is 0 Å². The summed E-state index contributed by atoms with van der Waals surface area (Å²) in [6, 6.07) is 7.87. The Bertz CT molecular complexity index is 370. The van der Waals surface area contributed by atoms with Gasteiger partial charge < -0.3 is 0 Å². The standard InChI is InChI=1S/C18H28OS/c1-3-4-5-6-7-8-9-10-15-20-18(19)17-13-11-16(2)12-14-17/h11-14H,3-10,15H2,1-2H3. The van der Waals surface area contributed by atoms with E-state index in [1.54, 1.807) is 0 Å². The van der Waals surface area contributed by atoms with Crippen LogP contribution in [0.2, 0.25) is 0 Å². The highest BCUT2D eigenvalue weighted by Gasteiger charge is 2.05. The SMILES string of the molecule is CCCCCCCCCCSC(=O)c1ccc(C)cc1. The van der Waals surface area contributed by atoms with Crippen LogP contribution in [0.15, 0.2) is 24.3 Å². The second-order valence-corrected chi connectivity index (χ2v) is 6.54. The van der Waals surface area contributed by atoms with Crippen molar-refractivity contribution in [1.82, 2.24) is 0 Å². The molecule has 0 saturated heterocycles. The quantitative estimate of drug-likeness (QED) is 0.491. The van der Waals surface area contributed by atoms with Crippen LogP contribution in [-0.2, 0) is 0 Å². The Hall–Kier alpha value is -0.760. The predicted molar refractivity (Wildman–Crippen MR) is 90.6 cm³/mol. The van der Waals surface area contributed by atoms with Crippen LogP contribution in [0.5, 0.6) is 0 Å². The zero-order valence-corrected chi connectivity index (χ0v) is 13.8. The number of unbranched alkanes of at least 4 members (excludes halogenated alkanes) is 7. The lowest BCUT2D eigenvalue weighted by Crippen LogP contribution is -1.95. The van der Waals surface area contributed by atoms with E-state index in [0.29, 0.717) is 0 Å². The Labute approximate surface area is 128 Å². The average Bonchev–Trinajstić information content (AvgIpc) is 2.46. The van der Waals surface area contributed by atoms with Crippen LogP contribution in [0, 0.1) is 6.92 Å². The van der Waals surface area contributed by atoms with Gasteiger partial charge in [-0.05, 0) is 13.3 Å². The van der Waals surface area contributed by atoms with E-state index in [9.17, 15) is 4.79 Å². The lowest BCUT2D eigenvalue weighted by molar-refractivity contribution is 0.108. The Morgan fingerprint density at radius 1 is 0.900 bits per heavy atom. The maximum absolute atomic E-state index is 11.9. The number of carbonyl (C=O) groups excluding carboxylic acids is 1. The van der Waals surface area contributed by atoms with Gasteiger partial charge in [0.05, 0.1) is 0 Å². The number of thioether (sulfide) groups is 1. The molecular formula is C18H28OS. The molecule has 20 heavy (non-hydrogen) atoms. The summed E-state index contributed by atoms with van der Waals surface area (Å²) >= 11 is 1.47. The minimum Gasteiger partial charge on any atom is -0.282 e. The monoisotopic (exact) mass is 292 g/mol. The van der Waals surface area contributed by atoms with Gasteiger partial charge in [0.15, 0.2) is 0 Å². The van der Waals surface area contributed by atoms with Crippen molar-refractivity contribution in [2.75, 3.05) is 5.75 Å². The molecule has 0 heterocycles. The smallest absolute Gasteiger partial charge is 0.219 e. The molecule has 0 fully saturated rings. The fraction of sp³-hybridized carbons (Fsp3) is 0.611. The fourth-order valence-electron chi connectivity index (χ4n) is 2.17. The first kappa shape index (κ1) is 17.3. The van der Waals surface area contributed by atoms with E-state index in [-0.39, 0.29) is 5.12 Å². The molecule has 0 aliphatic carbocycles. The molecule has 0 atom stereocenters. The topological polar surface area (TPSA) is 17.1 Å². The highest BCUT2D eigenvalue weighted by molar-refractivity contribution is 8.14. The molecule has 0 N–H and O–H groups in total. The van der Waals surface area contributed by atoms with Gasteiger partial charge in [0.25, 0.3) is 0 Å². The molecule has 1 aromatic rings. The maximum atomic E-state index is 11.9. The summed E-state index contributed by atoms with van der Waals surface area (Å²) in [7, 11) is 0. The number of rotatable bonds is 10. The van der Waals surface area contributed by atoms with Crippen molar-refractivity contribution in [2.45, 2.75) is 65.2 Å². The minimum atomic E-state index is 0.216. The number of carbonyl (C=O) groups is 1. The van der Waals surface area contributed by atoms with Crippen LogP contribution in [0.25, 0.3) is 0 Å². The van der Waals surface area contributed by atoms with Crippen molar-refractivity contribution in [3.8, 4) is 0 Å². The van der Waals surface area contributed by atoms with Crippen molar-refractivity contribution < 1.29 is 4.79 Å². The van der Waals surface area contributed by atoms with Gasteiger partial charge in [-0.25, -0.2) is 0 Å². The van der Waals surface area contributed by atoms with Gasteiger partial charge in [0, 0.05) is 11.3 Å². The summed E-state index contributed by atoms with van der Waals surface area (Å²) in [6.07, 6.45) is 10.6. The largest absolute Gasteiger partial charge is 0.282 e. The Morgan fingerprint density at radius 3 is 2.05 bits per heavy atom. The number of benzene rings is 1. The van der Waals surface area contributed by atoms with E-state index in [4.69, 9.17) is 0 Å². The molecular weight excluding hydrogens is 264 g/mol. The van der Waals surface area contributed by atoms with E-state index < -0.39 is 0 Å². The van der Waals surface area contributed by atoms with Gasteiger partial charge in [-0.1, -0.05) is 93.5 Å². The zero-order chi connectivity index (χ0) is 14.6. The van der Waals surface area contributed by atoms with E-state index in [1.807, 2.05) is 31.2 Å². The first-order chi connectivity index (χ1) is 9.74. The number of hydrogen-bond donors (Lipinski definition) is 0. The van der Waals surface area contributed by atoms with Crippen LogP contribution in [0.1, 0.15) is 74.2 Å². The highest BCUT2D eigenvalue weighted by Crippen LogP contribution is 2.16. The van der Waals surface area contributed by atoms with Crippen LogP contribution in [0.3, 0.4) is 0 Å². The van der Waals surface area contributed by atoms with Crippen molar-refractivity contribution in [1.29, 1.82) is 0 Å². The van der Waals surface area contributed by atoms with Crippen LogP contribution < -0.4 is 0 Å². The lowest BCUT2D eigenvalue weighted by atomic mass is 10.1. The van der Waals surface area contributed by atoms with Gasteiger partial charge in [0.2, 0.25) is 5.12 Å². The maximum Gasteiger partial charge on any atom is 0.219 e. The molecule has 0 spiro atoms. The molecule has 0 aliphatic rings. The molecule has 0 unspecified atom stereocenters. The second kappa shape index (κ2) is 11.0. The van der Waals surface area contributed by atoms with Crippen LogP contribution >= 0.6 is 11.8 Å². The summed E-state index contributed by atoms with van der Waals surface area (Å²) in [5.41, 5.74) is 2.04. The summed E-state index contributed by atoms with van der Waals surface area (Å²) in [6.45, 7) is 4.30. The van der Waals surface area contributed by atoms with Gasteiger partial charge in [-0.2, -0.15) is 0 Å². The third kappa shape index (κ3) is 7.74. The molecule has 0 amide bonds. The molecule has 0 bridgehead atoms. The second-order valence-electron chi connectivity index (χ2n) is 5.48. The Morgan fingerprint density at radius 2 is 1.45 bits per heavy atom. The third-order valence-electron chi connectivity index (χ3n) is 3.52. The first-order valence-corrected chi connectivity index (χ1v) is 8.96. The van der Waals surface area contributed by atoms with Crippen molar-refractivity contribution in [3.05, 3.63) is 35.4 Å². The minimum absolute atomic E-state index is 0.216. The lowest BCUT2D eigenvalue weighted by Gasteiger charge is -2.03. The normalized spacial score (nSPS) is 10.7. The van der Waals surface area contributed by atoms with E-state index in [2.05, 4.69) is 6.92 Å². The molecule has 0 aromatic heterocycles. The Kier molecular flexibility index (Phi) is 9.48. The molecule has 1 nitrogen and oxygen atoms in total. The van der Waals surface area contributed by atoms with Crippen LogP contribution in [-0.4, -0.2) is 10.9 Å². The highest BCUT2D eigenvalue weighted by atomic mass is 32.2. The van der Waals surface area contributed by atoms with Crippen molar-refractivity contribution in [3.63, 3.8) is 0 Å². The van der Waals surface area contributed by atoms with Gasteiger partial charge in [0.1, 0.15) is 0 Å². The molecule has 1 aromatic carbocycles. The van der Waals surface area contributed by atoms with Gasteiger partial charge >= 0.3 is 0 Å². The summed E-state index contributed by atoms with van der Waals surface area (Å²) < 4.78 is 0. The van der Waals surface area contributed by atoms with Crippen molar-refractivity contribution >= 4 is 16.9 Å². The first-order valence-electron chi connectivity index (χ1n) is 7.98. The Balaban J connectivity index is 2.01. The third-order valence-corrected chi connectivity index (χ3v) is 4.51.